The SMILES string of the molecule is COc1ccc(CC(OC(C)C)C(=O)O)cc1/C=N/OCc1ccc(C(C)(C)C)cc1. The molecular weight excluding hydrogens is 394 g/mol. The van der Waals surface area contributed by atoms with Crippen LogP contribution in [0.2, 0.25) is 0 Å². The molecule has 1 atom stereocenters. The van der Waals surface area contributed by atoms with Gasteiger partial charge in [-0.05, 0) is 48.1 Å². The van der Waals surface area contributed by atoms with Gasteiger partial charge in [0.05, 0.1) is 19.4 Å². The molecule has 0 heterocycles. The molecule has 0 saturated carbocycles. The molecule has 1 N–H and O–H groups in total. The number of methoxy groups -OCH3 is 1. The summed E-state index contributed by atoms with van der Waals surface area (Å²) in [5.74, 6) is -0.358. The van der Waals surface area contributed by atoms with E-state index in [2.05, 4.69) is 38.1 Å². The lowest BCUT2D eigenvalue weighted by atomic mass is 9.87. The van der Waals surface area contributed by atoms with Crippen LogP contribution in [0, 0.1) is 0 Å². The Bertz CT molecular complexity index is 882. The Hall–Kier alpha value is -2.86. The number of hydrogen-bond donors (Lipinski definition) is 1. The Morgan fingerprint density at radius 2 is 1.74 bits per heavy atom. The number of benzene rings is 2. The number of hydrogen-bond acceptors (Lipinski definition) is 5. The predicted octanol–water partition coefficient (Wildman–Crippen LogP) is 4.96. The summed E-state index contributed by atoms with van der Waals surface area (Å²) in [5.41, 5.74) is 3.92. The third kappa shape index (κ3) is 7.72. The molecule has 31 heavy (non-hydrogen) atoms. The summed E-state index contributed by atoms with van der Waals surface area (Å²) >= 11 is 0. The number of ether oxygens (including phenoxy) is 2. The summed E-state index contributed by atoms with van der Waals surface area (Å²) in [6.45, 7) is 10.5. The minimum Gasteiger partial charge on any atom is -0.496 e. The van der Waals surface area contributed by atoms with E-state index in [0.717, 1.165) is 11.1 Å². The van der Waals surface area contributed by atoms with Gasteiger partial charge in [-0.25, -0.2) is 4.79 Å². The molecule has 168 valence electrons. The van der Waals surface area contributed by atoms with Crippen LogP contribution < -0.4 is 4.74 Å². The van der Waals surface area contributed by atoms with Gasteiger partial charge < -0.3 is 19.4 Å². The zero-order valence-electron chi connectivity index (χ0n) is 19.2. The molecule has 2 aromatic rings. The van der Waals surface area contributed by atoms with Gasteiger partial charge in [0.2, 0.25) is 0 Å². The van der Waals surface area contributed by atoms with E-state index in [9.17, 15) is 9.90 Å². The van der Waals surface area contributed by atoms with Crippen molar-refractivity contribution in [2.75, 3.05) is 7.11 Å². The number of aliphatic carboxylic acids is 1. The van der Waals surface area contributed by atoms with Crippen LogP contribution in [0.5, 0.6) is 5.75 Å². The normalized spacial score (nSPS) is 12.9. The standard InChI is InChI=1S/C25H33NO5/c1-17(2)31-23(24(27)28)14-19-9-12-22(29-6)20(13-19)15-26-30-16-18-7-10-21(11-8-18)25(3,4)5/h7-13,15,17,23H,14,16H2,1-6H3,(H,27,28)/b26-15+. The lowest BCUT2D eigenvalue weighted by molar-refractivity contribution is -0.153. The molecule has 0 bridgehead atoms. The third-order valence-electron chi connectivity index (χ3n) is 4.74. The van der Waals surface area contributed by atoms with Crippen molar-refractivity contribution >= 4 is 12.2 Å². The molecule has 2 aromatic carbocycles. The number of oxime groups is 1. The second-order valence-corrected chi connectivity index (χ2v) is 8.75. The quantitative estimate of drug-likeness (QED) is 0.428. The molecule has 0 aromatic heterocycles. The smallest absolute Gasteiger partial charge is 0.333 e. The summed E-state index contributed by atoms with van der Waals surface area (Å²) in [4.78, 5) is 16.9. The van der Waals surface area contributed by atoms with Gasteiger partial charge in [0.15, 0.2) is 6.10 Å². The molecule has 0 spiro atoms. The molecule has 0 aliphatic carbocycles. The zero-order chi connectivity index (χ0) is 23.0. The molecule has 0 amide bonds. The first-order chi connectivity index (χ1) is 14.6. The largest absolute Gasteiger partial charge is 0.496 e. The van der Waals surface area contributed by atoms with E-state index in [-0.39, 0.29) is 17.9 Å². The highest BCUT2D eigenvalue weighted by atomic mass is 16.6. The van der Waals surface area contributed by atoms with Crippen molar-refractivity contribution < 1.29 is 24.2 Å². The first-order valence-electron chi connectivity index (χ1n) is 10.4. The monoisotopic (exact) mass is 427 g/mol. The van der Waals surface area contributed by atoms with E-state index in [0.29, 0.717) is 17.9 Å². The first-order valence-corrected chi connectivity index (χ1v) is 10.4. The molecule has 2 rings (SSSR count). The molecule has 0 radical (unpaired) electrons. The van der Waals surface area contributed by atoms with Crippen molar-refractivity contribution in [1.29, 1.82) is 0 Å². The molecule has 1 unspecified atom stereocenters. The molecule has 6 nitrogen and oxygen atoms in total. The van der Waals surface area contributed by atoms with Crippen LogP contribution >= 0.6 is 0 Å². The minimum absolute atomic E-state index is 0.110. The average molecular weight is 428 g/mol. The second-order valence-electron chi connectivity index (χ2n) is 8.75. The van der Waals surface area contributed by atoms with Gasteiger partial charge in [0.25, 0.3) is 0 Å². The van der Waals surface area contributed by atoms with Gasteiger partial charge in [-0.1, -0.05) is 56.3 Å². The number of carbonyl (C=O) groups is 1. The van der Waals surface area contributed by atoms with Gasteiger partial charge in [-0.15, -0.1) is 0 Å². The number of rotatable bonds is 10. The number of carboxylic acids is 1. The molecule has 0 aliphatic heterocycles. The van der Waals surface area contributed by atoms with Crippen molar-refractivity contribution in [1.82, 2.24) is 0 Å². The van der Waals surface area contributed by atoms with Gasteiger partial charge in [-0.2, -0.15) is 0 Å². The van der Waals surface area contributed by atoms with E-state index < -0.39 is 12.1 Å². The minimum atomic E-state index is -0.986. The fourth-order valence-electron chi connectivity index (χ4n) is 3.05. The lowest BCUT2D eigenvalue weighted by Crippen LogP contribution is -2.29. The maximum absolute atomic E-state index is 11.5. The van der Waals surface area contributed by atoms with E-state index in [1.165, 1.54) is 5.56 Å². The van der Waals surface area contributed by atoms with Gasteiger partial charge in [0, 0.05) is 12.0 Å². The van der Waals surface area contributed by atoms with Crippen LogP contribution in [0.25, 0.3) is 0 Å². The summed E-state index contributed by atoms with van der Waals surface area (Å²) in [6.07, 6.45) is 0.737. The highest BCUT2D eigenvalue weighted by Gasteiger charge is 2.20. The van der Waals surface area contributed by atoms with E-state index >= 15 is 0 Å². The highest BCUT2D eigenvalue weighted by molar-refractivity contribution is 5.83. The summed E-state index contributed by atoms with van der Waals surface area (Å²) in [6, 6.07) is 13.7. The molecule has 0 fully saturated rings. The van der Waals surface area contributed by atoms with Gasteiger partial charge in [0.1, 0.15) is 12.4 Å². The Morgan fingerprint density at radius 3 is 2.29 bits per heavy atom. The van der Waals surface area contributed by atoms with Crippen LogP contribution in [0.15, 0.2) is 47.6 Å². The summed E-state index contributed by atoms with van der Waals surface area (Å²) < 4.78 is 10.9. The maximum Gasteiger partial charge on any atom is 0.333 e. The third-order valence-corrected chi connectivity index (χ3v) is 4.74. The van der Waals surface area contributed by atoms with Gasteiger partial charge in [-0.3, -0.25) is 0 Å². The van der Waals surface area contributed by atoms with Crippen LogP contribution in [0.1, 0.15) is 56.9 Å². The van der Waals surface area contributed by atoms with Crippen molar-refractivity contribution in [3.8, 4) is 5.75 Å². The lowest BCUT2D eigenvalue weighted by Gasteiger charge is -2.18. The fourth-order valence-corrected chi connectivity index (χ4v) is 3.05. The fraction of sp³-hybridized carbons (Fsp3) is 0.440. The highest BCUT2D eigenvalue weighted by Crippen LogP contribution is 2.23. The van der Waals surface area contributed by atoms with Crippen LogP contribution in [-0.2, 0) is 32.8 Å². The van der Waals surface area contributed by atoms with Gasteiger partial charge >= 0.3 is 5.97 Å². The zero-order valence-corrected chi connectivity index (χ0v) is 19.2. The second kappa shape index (κ2) is 11.0. The van der Waals surface area contributed by atoms with Crippen LogP contribution in [0.4, 0.5) is 0 Å². The molecule has 0 aliphatic rings. The summed E-state index contributed by atoms with van der Waals surface area (Å²) in [7, 11) is 1.58. The van der Waals surface area contributed by atoms with E-state index in [1.54, 1.807) is 19.4 Å². The Morgan fingerprint density at radius 1 is 1.10 bits per heavy atom. The molecular formula is C25H33NO5. The predicted molar refractivity (Wildman–Crippen MR) is 122 cm³/mol. The van der Waals surface area contributed by atoms with E-state index in [4.69, 9.17) is 14.3 Å². The van der Waals surface area contributed by atoms with Crippen LogP contribution in [0.3, 0.4) is 0 Å². The van der Waals surface area contributed by atoms with Crippen molar-refractivity contribution in [2.45, 2.75) is 65.3 Å². The molecule has 6 heteroatoms. The Balaban J connectivity index is 2.05. The summed E-state index contributed by atoms with van der Waals surface area (Å²) in [5, 5.41) is 13.5. The van der Waals surface area contributed by atoms with Crippen molar-refractivity contribution in [2.24, 2.45) is 5.16 Å². The van der Waals surface area contributed by atoms with Crippen molar-refractivity contribution in [3.63, 3.8) is 0 Å². The number of nitrogens with zero attached hydrogens (tertiary/aromatic N) is 1. The Kier molecular flexibility index (Phi) is 8.63. The number of carboxylic acid groups (broad SMARTS) is 1. The first kappa shape index (κ1) is 24.4. The molecule has 0 saturated heterocycles. The van der Waals surface area contributed by atoms with Crippen molar-refractivity contribution in [3.05, 3.63) is 64.7 Å². The topological polar surface area (TPSA) is 77.4 Å². The van der Waals surface area contributed by atoms with Crippen LogP contribution in [-0.4, -0.2) is 36.6 Å². The Labute approximate surface area is 184 Å². The average Bonchev–Trinajstić information content (AvgIpc) is 2.70. The maximum atomic E-state index is 11.5. The van der Waals surface area contributed by atoms with E-state index in [1.807, 2.05) is 38.1 Å².